The van der Waals surface area contributed by atoms with Gasteiger partial charge in [0.05, 0.1) is 7.11 Å². The van der Waals surface area contributed by atoms with Gasteiger partial charge < -0.3 is 10.1 Å². The van der Waals surface area contributed by atoms with E-state index in [0.717, 1.165) is 0 Å². The lowest BCUT2D eigenvalue weighted by atomic mass is 10.6. The molecule has 1 amide bonds. The molecular weight excluding hydrogens is 158 g/mol. The molecule has 4 nitrogen and oxygen atoms in total. The fourth-order valence-electron chi connectivity index (χ4n) is 0.269. The topological polar surface area (TPSA) is 55.4 Å². The molecule has 0 aromatic heterocycles. The fourth-order valence-corrected chi connectivity index (χ4v) is 0.269. The van der Waals surface area contributed by atoms with Crippen molar-refractivity contribution >= 4 is 24.3 Å². The summed E-state index contributed by atoms with van der Waals surface area (Å²) in [6.45, 7) is 1.29. The molecule has 0 aromatic carbocycles. The summed E-state index contributed by atoms with van der Waals surface area (Å²) in [6.07, 6.45) is 0. The van der Waals surface area contributed by atoms with Gasteiger partial charge in [-0.2, -0.15) is 0 Å². The molecule has 0 saturated heterocycles. The highest BCUT2D eigenvalue weighted by Crippen LogP contribution is 1.68. The van der Waals surface area contributed by atoms with Gasteiger partial charge in [0, 0.05) is 6.92 Å². The lowest BCUT2D eigenvalue weighted by molar-refractivity contribution is -0.140. The Hall–Kier alpha value is -0.770. The Labute approximate surface area is 65.3 Å². The number of methoxy groups -OCH3 is 1. The van der Waals surface area contributed by atoms with Crippen molar-refractivity contribution in [2.75, 3.05) is 13.7 Å². The van der Waals surface area contributed by atoms with Crippen LogP contribution in [0.3, 0.4) is 0 Å². The Morgan fingerprint density at radius 2 is 2.00 bits per heavy atom. The summed E-state index contributed by atoms with van der Waals surface area (Å²) in [7, 11) is 1.27. The summed E-state index contributed by atoms with van der Waals surface area (Å²) in [4.78, 5) is 20.4. The minimum Gasteiger partial charge on any atom is -0.468 e. The summed E-state index contributed by atoms with van der Waals surface area (Å²) in [5.41, 5.74) is 0. The van der Waals surface area contributed by atoms with E-state index >= 15 is 0 Å². The maximum absolute atomic E-state index is 10.3. The van der Waals surface area contributed by atoms with Gasteiger partial charge in [-0.15, -0.1) is 12.4 Å². The molecule has 0 aromatic rings. The number of hydrogen-bond donors (Lipinski definition) is 1. The van der Waals surface area contributed by atoms with Crippen LogP contribution in [-0.2, 0) is 14.3 Å². The van der Waals surface area contributed by atoms with E-state index in [9.17, 15) is 9.59 Å². The van der Waals surface area contributed by atoms with Crippen LogP contribution in [0.4, 0.5) is 0 Å². The van der Waals surface area contributed by atoms with E-state index < -0.39 is 5.97 Å². The monoisotopic (exact) mass is 167 g/mol. The van der Waals surface area contributed by atoms with Crippen molar-refractivity contribution in [3.8, 4) is 0 Å². The van der Waals surface area contributed by atoms with Crippen LogP contribution in [0.5, 0.6) is 0 Å². The van der Waals surface area contributed by atoms with Gasteiger partial charge in [-0.05, 0) is 0 Å². The van der Waals surface area contributed by atoms with Gasteiger partial charge in [-0.1, -0.05) is 0 Å². The second-order valence-electron chi connectivity index (χ2n) is 1.49. The van der Waals surface area contributed by atoms with Crippen LogP contribution in [0.25, 0.3) is 0 Å². The molecule has 0 unspecified atom stereocenters. The van der Waals surface area contributed by atoms with E-state index in [1.54, 1.807) is 0 Å². The van der Waals surface area contributed by atoms with Gasteiger partial charge >= 0.3 is 5.97 Å². The number of hydrogen-bond acceptors (Lipinski definition) is 3. The molecule has 1 N–H and O–H groups in total. The Morgan fingerprint density at radius 1 is 1.50 bits per heavy atom. The van der Waals surface area contributed by atoms with Crippen LogP contribution in [0.15, 0.2) is 0 Å². The Bertz CT molecular complexity index is 126. The Kier molecular flexibility index (Phi) is 7.60. The van der Waals surface area contributed by atoms with Gasteiger partial charge in [0.25, 0.3) is 0 Å². The maximum Gasteiger partial charge on any atom is 0.325 e. The van der Waals surface area contributed by atoms with E-state index in [-0.39, 0.29) is 24.9 Å². The number of nitrogens with one attached hydrogen (secondary N) is 1. The van der Waals surface area contributed by atoms with Crippen molar-refractivity contribution in [1.82, 2.24) is 5.32 Å². The third-order valence-electron chi connectivity index (χ3n) is 0.709. The van der Waals surface area contributed by atoms with E-state index in [1.807, 2.05) is 0 Å². The number of ether oxygens (including phenoxy) is 1. The second kappa shape index (κ2) is 6.35. The van der Waals surface area contributed by atoms with Crippen LogP contribution in [0.1, 0.15) is 6.92 Å². The average molecular weight is 168 g/mol. The molecule has 60 valence electrons. The molecule has 5 heteroatoms. The van der Waals surface area contributed by atoms with E-state index in [4.69, 9.17) is 0 Å². The zero-order valence-corrected chi connectivity index (χ0v) is 6.66. The zero-order valence-electron chi connectivity index (χ0n) is 5.84. The first-order valence-electron chi connectivity index (χ1n) is 2.48. The molecule has 0 fully saturated rings. The Morgan fingerprint density at radius 3 is 2.30 bits per heavy atom. The summed E-state index contributed by atoms with van der Waals surface area (Å²) in [5, 5.41) is 2.28. The van der Waals surface area contributed by atoms with E-state index in [2.05, 4.69) is 10.1 Å². The highest BCUT2D eigenvalue weighted by molar-refractivity contribution is 5.85. The molecule has 0 aliphatic rings. The average Bonchev–Trinajstić information content (AvgIpc) is 1.83. The number of carbonyl (C=O) groups excluding carboxylic acids is 2. The largest absolute Gasteiger partial charge is 0.468 e. The van der Waals surface area contributed by atoms with E-state index in [1.165, 1.54) is 14.0 Å². The normalized spacial score (nSPS) is 7.40. The van der Waals surface area contributed by atoms with Crippen molar-refractivity contribution in [2.24, 2.45) is 0 Å². The van der Waals surface area contributed by atoms with Crippen LogP contribution in [0.2, 0.25) is 0 Å². The SMILES string of the molecule is COC(=O)CNC(C)=O.Cl. The third kappa shape index (κ3) is 7.23. The molecule has 0 radical (unpaired) electrons. The van der Waals surface area contributed by atoms with Gasteiger partial charge in [0.1, 0.15) is 6.54 Å². The van der Waals surface area contributed by atoms with E-state index in [0.29, 0.717) is 0 Å². The quantitative estimate of drug-likeness (QED) is 0.576. The number of amides is 1. The van der Waals surface area contributed by atoms with Gasteiger partial charge in [-0.3, -0.25) is 9.59 Å². The first-order chi connectivity index (χ1) is 4.16. The molecule has 0 aliphatic heterocycles. The zero-order chi connectivity index (χ0) is 7.28. The summed E-state index contributed by atoms with van der Waals surface area (Å²) >= 11 is 0. The summed E-state index contributed by atoms with van der Waals surface area (Å²) in [5.74, 6) is -0.675. The predicted molar refractivity (Wildman–Crippen MR) is 37.9 cm³/mol. The van der Waals surface area contributed by atoms with Crippen molar-refractivity contribution in [1.29, 1.82) is 0 Å². The molecule has 0 aliphatic carbocycles. The molecule has 0 bridgehead atoms. The molecule has 0 saturated carbocycles. The van der Waals surface area contributed by atoms with Crippen molar-refractivity contribution < 1.29 is 14.3 Å². The van der Waals surface area contributed by atoms with Crippen LogP contribution in [0, 0.1) is 0 Å². The lowest BCUT2D eigenvalue weighted by Crippen LogP contribution is -2.27. The summed E-state index contributed by atoms with van der Waals surface area (Å²) in [6, 6.07) is 0. The Balaban J connectivity index is 0. The summed E-state index contributed by atoms with van der Waals surface area (Å²) < 4.78 is 4.25. The molecule has 0 heterocycles. The number of halogens is 1. The third-order valence-corrected chi connectivity index (χ3v) is 0.709. The van der Waals surface area contributed by atoms with Crippen molar-refractivity contribution in [2.45, 2.75) is 6.92 Å². The van der Waals surface area contributed by atoms with Crippen LogP contribution >= 0.6 is 12.4 Å². The first kappa shape index (κ1) is 12.0. The first-order valence-corrected chi connectivity index (χ1v) is 2.48. The number of esters is 1. The fraction of sp³-hybridized carbons (Fsp3) is 0.600. The number of carbonyl (C=O) groups is 2. The lowest BCUT2D eigenvalue weighted by Gasteiger charge is -1.97. The van der Waals surface area contributed by atoms with Crippen LogP contribution < -0.4 is 5.32 Å². The van der Waals surface area contributed by atoms with Gasteiger partial charge in [0.2, 0.25) is 5.91 Å². The second-order valence-corrected chi connectivity index (χ2v) is 1.49. The highest BCUT2D eigenvalue weighted by atomic mass is 35.5. The van der Waals surface area contributed by atoms with Crippen LogP contribution in [-0.4, -0.2) is 25.5 Å². The van der Waals surface area contributed by atoms with Crippen molar-refractivity contribution in [3.63, 3.8) is 0 Å². The molecule has 10 heavy (non-hydrogen) atoms. The minimum atomic E-state index is -0.440. The smallest absolute Gasteiger partial charge is 0.325 e. The number of rotatable bonds is 2. The maximum atomic E-state index is 10.3. The molecule has 0 spiro atoms. The predicted octanol–water partition coefficient (Wildman–Crippen LogP) is -0.283. The molecule has 0 rings (SSSR count). The molecular formula is C5H10ClNO3. The standard InChI is InChI=1S/C5H9NO3.ClH/c1-4(7)6-3-5(8)9-2;/h3H2,1-2H3,(H,6,7);1H. The van der Waals surface area contributed by atoms with Gasteiger partial charge in [0.15, 0.2) is 0 Å². The molecule has 0 atom stereocenters. The highest BCUT2D eigenvalue weighted by Gasteiger charge is 1.98. The van der Waals surface area contributed by atoms with Gasteiger partial charge in [-0.25, -0.2) is 0 Å². The van der Waals surface area contributed by atoms with Crippen molar-refractivity contribution in [3.05, 3.63) is 0 Å². The minimum absolute atomic E-state index is 0.